The minimum absolute atomic E-state index is 0.481. The van der Waals surface area contributed by atoms with Crippen molar-refractivity contribution in [2.45, 2.75) is 54.4 Å². The third-order valence-corrected chi connectivity index (χ3v) is 6.91. The Morgan fingerprint density at radius 1 is 1.09 bits per heavy atom. The summed E-state index contributed by atoms with van der Waals surface area (Å²) in [4.78, 5) is 9.50. The van der Waals surface area contributed by atoms with Gasteiger partial charge in [0.15, 0.2) is 5.82 Å². The lowest BCUT2D eigenvalue weighted by Gasteiger charge is -2.20. The van der Waals surface area contributed by atoms with Gasteiger partial charge in [0.1, 0.15) is 5.82 Å². The molecule has 1 aromatic carbocycles. The van der Waals surface area contributed by atoms with Crippen LogP contribution in [0, 0.1) is 18.8 Å². The molecule has 1 aliphatic rings. The first-order valence-electron chi connectivity index (χ1n) is 12.3. The Kier molecular flexibility index (Phi) is 7.00. The van der Waals surface area contributed by atoms with Crippen LogP contribution >= 0.6 is 0 Å². The predicted molar refractivity (Wildman–Crippen MR) is 142 cm³/mol. The highest BCUT2D eigenvalue weighted by atomic mass is 15.3. The quantitative estimate of drug-likeness (QED) is 0.396. The van der Waals surface area contributed by atoms with E-state index in [1.165, 1.54) is 16.7 Å². The number of rotatable bonds is 10. The molecule has 3 heterocycles. The molecule has 2 aromatic heterocycles. The number of anilines is 1. The van der Waals surface area contributed by atoms with Crippen LogP contribution in [-0.4, -0.2) is 44.9 Å². The van der Waals surface area contributed by atoms with Crippen LogP contribution in [0.5, 0.6) is 0 Å². The van der Waals surface area contributed by atoms with Gasteiger partial charge < -0.3 is 10.6 Å². The Balaban J connectivity index is 1.48. The standard InChI is InChI=1S/C27H37N7/c1-16(2)18(4)19(5)28-12-8-9-13-29-26-27-33-32-21(7)34(27)24-14-22(10-11-23(24)31-26)25-17(3)15-30-20(25)6/h10-11,14,16,18,28H,5,8-9,12-13,15H2,1-4,6-7H3,(H,29,31). The van der Waals surface area contributed by atoms with Crippen molar-refractivity contribution < 1.29 is 0 Å². The molecular weight excluding hydrogens is 422 g/mol. The fourth-order valence-corrected chi connectivity index (χ4v) is 4.47. The fraction of sp³-hybridized carbons (Fsp3) is 0.481. The minimum Gasteiger partial charge on any atom is -0.389 e. The van der Waals surface area contributed by atoms with E-state index in [0.717, 1.165) is 72.2 Å². The van der Waals surface area contributed by atoms with E-state index in [1.807, 2.05) is 6.92 Å². The van der Waals surface area contributed by atoms with Gasteiger partial charge in [-0.2, -0.15) is 0 Å². The highest BCUT2D eigenvalue weighted by molar-refractivity contribution is 6.25. The molecule has 0 saturated heterocycles. The van der Waals surface area contributed by atoms with Gasteiger partial charge in [-0.05, 0) is 68.7 Å². The summed E-state index contributed by atoms with van der Waals surface area (Å²) in [5.41, 5.74) is 8.64. The SMILES string of the molecule is C=C(NCCCCNc1nc2ccc(C3=C(C)CN=C3C)cc2n2c(C)nnc12)C(C)C(C)C. The van der Waals surface area contributed by atoms with Crippen LogP contribution in [-0.2, 0) is 0 Å². The Bertz CT molecular complexity index is 1280. The van der Waals surface area contributed by atoms with Gasteiger partial charge in [0.2, 0.25) is 5.65 Å². The van der Waals surface area contributed by atoms with Crippen LogP contribution in [0.3, 0.4) is 0 Å². The predicted octanol–water partition coefficient (Wildman–Crippen LogP) is 5.42. The smallest absolute Gasteiger partial charge is 0.204 e. The number of hydrogen-bond acceptors (Lipinski definition) is 6. The van der Waals surface area contributed by atoms with Gasteiger partial charge in [0.05, 0.1) is 17.6 Å². The first-order valence-corrected chi connectivity index (χ1v) is 12.3. The van der Waals surface area contributed by atoms with E-state index < -0.39 is 0 Å². The van der Waals surface area contributed by atoms with E-state index in [2.05, 4.69) is 89.6 Å². The molecule has 7 nitrogen and oxygen atoms in total. The fourth-order valence-electron chi connectivity index (χ4n) is 4.47. The van der Waals surface area contributed by atoms with E-state index >= 15 is 0 Å². The van der Waals surface area contributed by atoms with Crippen LogP contribution in [0.25, 0.3) is 22.3 Å². The number of benzene rings is 1. The van der Waals surface area contributed by atoms with Crippen LogP contribution < -0.4 is 10.6 Å². The molecule has 0 saturated carbocycles. The number of aryl methyl sites for hydroxylation is 1. The number of nitrogens with one attached hydrogen (secondary N) is 2. The molecule has 0 amide bonds. The molecule has 0 radical (unpaired) electrons. The van der Waals surface area contributed by atoms with Gasteiger partial charge >= 0.3 is 0 Å². The van der Waals surface area contributed by atoms with Gasteiger partial charge in [-0.15, -0.1) is 10.2 Å². The molecule has 4 rings (SSSR count). The maximum Gasteiger partial charge on any atom is 0.204 e. The van der Waals surface area contributed by atoms with E-state index in [4.69, 9.17) is 4.98 Å². The van der Waals surface area contributed by atoms with Crippen LogP contribution in [0.2, 0.25) is 0 Å². The molecule has 0 spiro atoms. The lowest BCUT2D eigenvalue weighted by Crippen LogP contribution is -2.22. The van der Waals surface area contributed by atoms with Crippen molar-refractivity contribution in [3.8, 4) is 0 Å². The molecule has 180 valence electrons. The molecule has 0 aliphatic carbocycles. The van der Waals surface area contributed by atoms with Crippen molar-refractivity contribution >= 4 is 33.8 Å². The first-order chi connectivity index (χ1) is 16.3. The average Bonchev–Trinajstić information content (AvgIpc) is 3.37. The third-order valence-electron chi connectivity index (χ3n) is 6.91. The molecule has 3 aromatic rings. The summed E-state index contributed by atoms with van der Waals surface area (Å²) in [6.07, 6.45) is 2.09. The van der Waals surface area contributed by atoms with E-state index in [-0.39, 0.29) is 0 Å². The normalized spacial score (nSPS) is 14.9. The molecule has 0 bridgehead atoms. The summed E-state index contributed by atoms with van der Waals surface area (Å²) in [7, 11) is 0. The summed E-state index contributed by atoms with van der Waals surface area (Å²) in [6.45, 7) is 19.6. The van der Waals surface area contributed by atoms with E-state index in [1.54, 1.807) is 0 Å². The van der Waals surface area contributed by atoms with E-state index in [0.29, 0.717) is 11.8 Å². The van der Waals surface area contributed by atoms with Crippen molar-refractivity contribution in [3.63, 3.8) is 0 Å². The Labute approximate surface area is 202 Å². The van der Waals surface area contributed by atoms with Gasteiger partial charge in [-0.25, -0.2) is 4.98 Å². The number of hydrogen-bond donors (Lipinski definition) is 2. The number of nitrogens with zero attached hydrogens (tertiary/aromatic N) is 5. The molecule has 0 fully saturated rings. The monoisotopic (exact) mass is 459 g/mol. The van der Waals surface area contributed by atoms with Crippen molar-refractivity contribution in [1.82, 2.24) is 24.9 Å². The number of allylic oxidation sites excluding steroid dienone is 2. The largest absolute Gasteiger partial charge is 0.389 e. The molecule has 7 heteroatoms. The van der Waals surface area contributed by atoms with Crippen molar-refractivity contribution in [2.24, 2.45) is 16.8 Å². The lowest BCUT2D eigenvalue weighted by atomic mass is 9.95. The van der Waals surface area contributed by atoms with Crippen LogP contribution in [0.15, 0.2) is 41.0 Å². The number of fused-ring (bicyclic) bond motifs is 3. The zero-order valence-corrected chi connectivity index (χ0v) is 21.4. The average molecular weight is 460 g/mol. The summed E-state index contributed by atoms with van der Waals surface area (Å²) in [5, 5.41) is 15.7. The lowest BCUT2D eigenvalue weighted by molar-refractivity contribution is 0.451. The Morgan fingerprint density at radius 2 is 1.85 bits per heavy atom. The van der Waals surface area contributed by atoms with Crippen LogP contribution in [0.1, 0.15) is 58.8 Å². The van der Waals surface area contributed by atoms with E-state index in [9.17, 15) is 0 Å². The summed E-state index contributed by atoms with van der Waals surface area (Å²) in [5.74, 6) is 2.71. The molecular formula is C27H37N7. The summed E-state index contributed by atoms with van der Waals surface area (Å²) in [6, 6.07) is 6.42. The van der Waals surface area contributed by atoms with Crippen molar-refractivity contribution in [1.29, 1.82) is 0 Å². The van der Waals surface area contributed by atoms with Gasteiger partial charge in [0.25, 0.3) is 0 Å². The minimum atomic E-state index is 0.481. The van der Waals surface area contributed by atoms with Crippen molar-refractivity contribution in [3.05, 3.63) is 47.4 Å². The zero-order chi connectivity index (χ0) is 24.4. The Hall–Kier alpha value is -3.22. The zero-order valence-electron chi connectivity index (χ0n) is 21.4. The summed E-state index contributed by atoms with van der Waals surface area (Å²) < 4.78 is 2.10. The first kappa shape index (κ1) is 23.9. The molecule has 1 atom stereocenters. The number of unbranched alkanes of at least 4 members (excludes halogenated alkanes) is 1. The van der Waals surface area contributed by atoms with Crippen LogP contribution in [0.4, 0.5) is 5.82 Å². The number of aliphatic imine (C=N–C) groups is 1. The third kappa shape index (κ3) is 4.69. The van der Waals surface area contributed by atoms with Gasteiger partial charge in [-0.1, -0.05) is 33.4 Å². The second-order valence-electron chi connectivity index (χ2n) is 9.75. The molecule has 34 heavy (non-hydrogen) atoms. The van der Waals surface area contributed by atoms with Gasteiger partial charge in [0, 0.05) is 30.1 Å². The Morgan fingerprint density at radius 3 is 2.56 bits per heavy atom. The maximum atomic E-state index is 4.90. The summed E-state index contributed by atoms with van der Waals surface area (Å²) >= 11 is 0. The highest BCUT2D eigenvalue weighted by Gasteiger charge is 2.18. The number of aromatic nitrogens is 4. The topological polar surface area (TPSA) is 79.5 Å². The molecule has 1 aliphatic heterocycles. The van der Waals surface area contributed by atoms with Gasteiger partial charge in [-0.3, -0.25) is 9.39 Å². The second kappa shape index (κ2) is 9.95. The van der Waals surface area contributed by atoms with Crippen molar-refractivity contribution in [2.75, 3.05) is 25.0 Å². The highest BCUT2D eigenvalue weighted by Crippen LogP contribution is 2.29. The molecule has 1 unspecified atom stereocenters. The maximum absolute atomic E-state index is 4.90. The second-order valence-corrected chi connectivity index (χ2v) is 9.75. The molecule has 2 N–H and O–H groups in total.